The van der Waals surface area contributed by atoms with Gasteiger partial charge in [-0.2, -0.15) is 0 Å². The number of rotatable bonds is 24. The molecule has 486 valence electrons. The summed E-state index contributed by atoms with van der Waals surface area (Å²) in [5, 5.41) is 16.2. The Morgan fingerprint density at radius 1 is 0.591 bits per heavy atom. The molecule has 23 nitrogen and oxygen atoms in total. The monoisotopic (exact) mass is 1250 g/mol. The van der Waals surface area contributed by atoms with Crippen molar-refractivity contribution < 1.29 is 92.1 Å². The van der Waals surface area contributed by atoms with Crippen molar-refractivity contribution in [2.45, 2.75) is 205 Å². The number of primary amides is 2. The van der Waals surface area contributed by atoms with E-state index in [0.29, 0.717) is 12.2 Å². The number of hydrogen-bond acceptors (Lipinski definition) is 20. The lowest BCUT2D eigenvalue weighted by atomic mass is 9.81. The number of aliphatic hydroxyl groups is 1. The Morgan fingerprint density at radius 2 is 1.15 bits per heavy atom. The molecule has 5 heterocycles. The number of amides is 3. The normalized spacial score (nSPS) is 38.7. The van der Waals surface area contributed by atoms with Crippen molar-refractivity contribution in [2.24, 2.45) is 47.0 Å². The number of ketones is 1. The molecule has 8 rings (SSSR count). The van der Waals surface area contributed by atoms with Gasteiger partial charge in [-0.05, 0) is 68.7 Å². The lowest BCUT2D eigenvalue weighted by Gasteiger charge is -2.52. The van der Waals surface area contributed by atoms with Gasteiger partial charge < -0.3 is 88.8 Å². The van der Waals surface area contributed by atoms with E-state index in [2.05, 4.69) is 28.4 Å². The summed E-state index contributed by atoms with van der Waals surface area (Å²) in [6.45, 7) is 19.4. The first kappa shape index (κ1) is 67.3. The molecular formula is C64H91N4O19P. The Hall–Kier alpha value is -5.08. The molecule has 0 bridgehead atoms. The predicted octanol–water partition coefficient (Wildman–Crippen LogP) is 5.29. The topological polar surface area (TPSA) is 302 Å². The van der Waals surface area contributed by atoms with Crippen LogP contribution < -0.4 is 22.1 Å². The molecule has 24 heteroatoms. The first-order valence-electron chi connectivity index (χ1n) is 30.8. The summed E-state index contributed by atoms with van der Waals surface area (Å²) >= 11 is 0. The van der Waals surface area contributed by atoms with Crippen LogP contribution in [-0.4, -0.2) is 170 Å². The fourth-order valence-corrected chi connectivity index (χ4v) is 13.0. The quantitative estimate of drug-likeness (QED) is 0.0562. The third kappa shape index (κ3) is 16.3. The molecule has 0 saturated carbocycles. The molecule has 0 radical (unpaired) electrons. The van der Waals surface area contributed by atoms with Gasteiger partial charge in [0.25, 0.3) is 0 Å². The predicted molar refractivity (Wildman–Crippen MR) is 321 cm³/mol. The van der Waals surface area contributed by atoms with Crippen LogP contribution in [0.2, 0.25) is 1.41 Å². The van der Waals surface area contributed by atoms with E-state index in [-0.39, 0.29) is 49.6 Å². The number of carbonyl (C=O) groups is 5. The molecule has 5 aliphatic rings. The van der Waals surface area contributed by atoms with Crippen molar-refractivity contribution in [3.8, 4) is 0 Å². The van der Waals surface area contributed by atoms with Crippen LogP contribution >= 0.6 is 9.24 Å². The largest absolute Gasteiger partial charge is 0.453 e. The number of hydrogen-bond donors (Lipinski definition) is 5. The van der Waals surface area contributed by atoms with Crippen LogP contribution in [0.15, 0.2) is 91.0 Å². The van der Waals surface area contributed by atoms with Crippen molar-refractivity contribution in [1.29, 1.82) is 0 Å². The van der Waals surface area contributed by atoms with Crippen LogP contribution in [0.3, 0.4) is 0 Å². The zero-order valence-corrected chi connectivity index (χ0v) is 53.2. The summed E-state index contributed by atoms with van der Waals surface area (Å²) in [6, 6.07) is 26.0. The fraction of sp³-hybridized carbons (Fsp3) is 0.641. The first-order chi connectivity index (χ1) is 42.3. The molecule has 11 unspecified atom stereocenters. The van der Waals surface area contributed by atoms with Crippen LogP contribution in [0.25, 0.3) is 0 Å². The van der Waals surface area contributed by atoms with E-state index in [9.17, 15) is 30.5 Å². The molecule has 0 aliphatic carbocycles. The molecule has 0 aromatic heterocycles. The SMILES string of the molecule is [3H]N(CP)C1[C@H](O[C@H]2C(CO[C@@H]3OC(COCc4ccccc4)[C@H](C)[C@H](C)C3OCc3ccccc3)O[C@@H](OC3[C@H](C)OC(C(N)=O)[C@@](C)(O)[C@@H]3OC(N)=O)C(NC(C)=O)[C@H]2C)OC(C)[C@H](O[C@@H]2OC(C(C)=O)[C@H](C)[C@H](C)C2OC(=O)c2ccccc2)[C@@H]1C. The van der Waals surface area contributed by atoms with Gasteiger partial charge in [0.1, 0.15) is 31.4 Å². The molecule has 3 aromatic carbocycles. The van der Waals surface area contributed by atoms with Gasteiger partial charge in [-0.25, -0.2) is 9.59 Å². The van der Waals surface area contributed by atoms with E-state index >= 15 is 0 Å². The van der Waals surface area contributed by atoms with Crippen molar-refractivity contribution in [3.05, 3.63) is 108 Å². The maximum Gasteiger partial charge on any atom is 0.404 e. The van der Waals surface area contributed by atoms with Crippen molar-refractivity contribution in [1.82, 2.24) is 10.6 Å². The highest BCUT2D eigenvalue weighted by molar-refractivity contribution is 7.16. The second-order valence-corrected chi connectivity index (χ2v) is 24.8. The van der Waals surface area contributed by atoms with Gasteiger partial charge in [0.15, 0.2) is 49.3 Å². The number of benzene rings is 3. The molecule has 5 aliphatic heterocycles. The van der Waals surface area contributed by atoms with Gasteiger partial charge in [0.05, 0.1) is 74.6 Å². The summed E-state index contributed by atoms with van der Waals surface area (Å²) in [4.78, 5) is 65.6. The second-order valence-electron chi connectivity index (χ2n) is 24.4. The number of carbonyl (C=O) groups excluding carboxylic acids is 5. The molecule has 0 spiro atoms. The molecule has 7 N–H and O–H groups in total. The minimum Gasteiger partial charge on any atom is -0.453 e. The summed E-state index contributed by atoms with van der Waals surface area (Å²) < 4.78 is 95.1. The number of nitrogens with two attached hydrogens (primary N) is 2. The minimum atomic E-state index is -2.29. The van der Waals surface area contributed by atoms with E-state index < -0.39 is 158 Å². The maximum atomic E-state index is 13.7. The second kappa shape index (κ2) is 30.8. The zero-order valence-electron chi connectivity index (χ0n) is 53.0. The van der Waals surface area contributed by atoms with Crippen molar-refractivity contribution in [2.75, 3.05) is 19.5 Å². The van der Waals surface area contributed by atoms with E-state index in [0.717, 1.165) is 11.1 Å². The van der Waals surface area contributed by atoms with E-state index in [1.807, 2.05) is 81.4 Å². The molecule has 3 amide bonds. The van der Waals surface area contributed by atoms with Gasteiger partial charge in [0.2, 0.25) is 11.8 Å². The Kier molecular flexibility index (Phi) is 23.6. The molecular weight excluding hydrogens is 1160 g/mol. The standard InChI is InChI=1S/C64H91N4O19P/c1-32-33(2)52(76-28-43-23-17-13-18-24-43)61(80-45(32)29-75-27-42-21-15-12-16-22-42)77-30-46-51(37(6)48(68-41(10)70)60(81-46)86-54-40(9)78-56(57(65)71)64(11,74)55(54)87-63(66)73)85-59-47(67-31-88)36(5)50(39(8)79-59)84-62-53(35(4)34(3)49(83-62)38(7)69)82-58(72)44-25-19-14-20-26-44/h12-26,32-37,39-40,45-56,59-62,67,74H,27-31,88H2,1-11H3,(H2,65,71)(H2,66,73)(H,68,70)/t32-,33+,34-,35+,36-,37-,39?,40+,45?,46?,47?,48?,49?,50-,51-,52?,53?,54?,55-,56?,59+,60+,61-,62+,64+/m1/s1/i/hT. The number of nitrogens with one attached hydrogen (secondary N) is 2. The average molecular weight is 1250 g/mol. The highest BCUT2D eigenvalue weighted by Crippen LogP contribution is 2.42. The minimum absolute atomic E-state index is 0.0737. The Labute approximate surface area is 519 Å². The highest BCUT2D eigenvalue weighted by atomic mass is 31.0. The van der Waals surface area contributed by atoms with Gasteiger partial charge in [-0.3, -0.25) is 14.4 Å². The Morgan fingerprint density at radius 3 is 1.75 bits per heavy atom. The molecule has 3 aromatic rings. The van der Waals surface area contributed by atoms with Crippen molar-refractivity contribution >= 4 is 38.9 Å². The first-order valence-corrected chi connectivity index (χ1v) is 31.2. The van der Waals surface area contributed by atoms with Crippen molar-refractivity contribution in [3.63, 3.8) is 0 Å². The highest BCUT2D eigenvalue weighted by Gasteiger charge is 2.60. The lowest BCUT2D eigenvalue weighted by Crippen LogP contribution is -2.71. The summed E-state index contributed by atoms with van der Waals surface area (Å²) in [7, 11) is 2.56. The van der Waals surface area contributed by atoms with Crippen LogP contribution in [0.4, 0.5) is 4.79 Å². The number of ether oxygens (including phenoxy) is 13. The molecule has 88 heavy (non-hydrogen) atoms. The van der Waals surface area contributed by atoms with Crippen LogP contribution in [0, 0.1) is 35.5 Å². The summed E-state index contributed by atoms with van der Waals surface area (Å²) in [5.41, 5.74) is 11.2. The van der Waals surface area contributed by atoms with E-state index in [1.165, 1.54) is 33.0 Å². The fourth-order valence-electron chi connectivity index (χ4n) is 12.8. The van der Waals surface area contributed by atoms with Crippen LogP contribution in [0.5, 0.6) is 0 Å². The summed E-state index contributed by atoms with van der Waals surface area (Å²) in [5.74, 6) is -4.74. The number of Topliss-reactive ketones (excluding diaryl/α,β-unsaturated/α-hetero) is 1. The third-order valence-electron chi connectivity index (χ3n) is 18.1. The van der Waals surface area contributed by atoms with Crippen LogP contribution in [0.1, 0.15) is 97.6 Å². The summed E-state index contributed by atoms with van der Waals surface area (Å²) in [6.07, 6.45) is -18.9. The Balaban J connectivity index is 1.13. The van der Waals surface area contributed by atoms with Gasteiger partial charge in [0, 0.05) is 31.0 Å². The third-order valence-corrected chi connectivity index (χ3v) is 18.3. The van der Waals surface area contributed by atoms with E-state index in [4.69, 9.17) is 73.0 Å². The van der Waals surface area contributed by atoms with Gasteiger partial charge >= 0.3 is 12.1 Å². The molecule has 26 atom stereocenters. The lowest BCUT2D eigenvalue weighted by molar-refractivity contribution is -0.358. The van der Waals surface area contributed by atoms with E-state index in [1.54, 1.807) is 44.2 Å². The van der Waals surface area contributed by atoms with Gasteiger partial charge in [-0.1, -0.05) is 120 Å². The zero-order chi connectivity index (χ0) is 64.6. The van der Waals surface area contributed by atoms with Gasteiger partial charge in [-0.15, -0.1) is 9.24 Å². The maximum absolute atomic E-state index is 13.7. The molecule has 5 saturated heterocycles. The smallest absolute Gasteiger partial charge is 0.404 e. The Bertz CT molecular complexity index is 2800. The molecule has 5 fully saturated rings. The number of esters is 1. The average Bonchev–Trinajstić information content (AvgIpc) is 1.16. The van der Waals surface area contributed by atoms with Crippen LogP contribution in [-0.2, 0) is 89.2 Å².